The van der Waals surface area contributed by atoms with E-state index in [9.17, 15) is 4.79 Å². The van der Waals surface area contributed by atoms with E-state index in [1.54, 1.807) is 11.9 Å². The van der Waals surface area contributed by atoms with Crippen LogP contribution in [0.25, 0.3) is 0 Å². The second kappa shape index (κ2) is 8.13. The van der Waals surface area contributed by atoms with E-state index in [4.69, 9.17) is 5.26 Å². The Morgan fingerprint density at radius 1 is 1.42 bits per heavy atom. The van der Waals surface area contributed by atoms with Crippen LogP contribution >= 0.6 is 0 Å². The summed E-state index contributed by atoms with van der Waals surface area (Å²) >= 11 is 0. The number of nitriles is 1. The fourth-order valence-electron chi connectivity index (χ4n) is 2.48. The molecule has 0 aromatic carbocycles. The van der Waals surface area contributed by atoms with Gasteiger partial charge in [-0.1, -0.05) is 0 Å². The number of hydrogen-bond acceptors (Lipinski definition) is 4. The van der Waals surface area contributed by atoms with Gasteiger partial charge in [0, 0.05) is 39.1 Å². The molecule has 1 atom stereocenters. The van der Waals surface area contributed by atoms with E-state index in [0.717, 1.165) is 13.1 Å². The lowest BCUT2D eigenvalue weighted by Crippen LogP contribution is -2.38. The topological polar surface area (TPSA) is 50.6 Å². The van der Waals surface area contributed by atoms with Crippen LogP contribution in [-0.4, -0.2) is 74.0 Å². The summed E-state index contributed by atoms with van der Waals surface area (Å²) in [5.74, 6) is 0.127. The first-order valence-electron chi connectivity index (χ1n) is 7.04. The van der Waals surface area contributed by atoms with Crippen molar-refractivity contribution in [3.63, 3.8) is 0 Å². The highest BCUT2D eigenvalue weighted by atomic mass is 16.2. The Bertz CT molecular complexity index is 326. The Labute approximate surface area is 116 Å². The van der Waals surface area contributed by atoms with E-state index in [2.05, 4.69) is 30.0 Å². The number of likely N-dealkylation sites (N-methyl/N-ethyl adjacent to an activating group) is 2. The highest BCUT2D eigenvalue weighted by molar-refractivity contribution is 5.76. The van der Waals surface area contributed by atoms with Crippen molar-refractivity contribution in [2.24, 2.45) is 0 Å². The molecular weight excluding hydrogens is 240 g/mol. The normalized spacial score (nSPS) is 19.6. The summed E-state index contributed by atoms with van der Waals surface area (Å²) in [4.78, 5) is 18.1. The third-order valence-electron chi connectivity index (χ3n) is 3.89. The zero-order valence-corrected chi connectivity index (χ0v) is 12.4. The van der Waals surface area contributed by atoms with Gasteiger partial charge in [0.25, 0.3) is 0 Å². The number of carbonyl (C=O) groups is 1. The van der Waals surface area contributed by atoms with E-state index in [0.29, 0.717) is 25.4 Å². The van der Waals surface area contributed by atoms with Crippen molar-refractivity contribution in [2.45, 2.75) is 31.7 Å². The Morgan fingerprint density at radius 2 is 2.16 bits per heavy atom. The van der Waals surface area contributed by atoms with Gasteiger partial charge in [-0.2, -0.15) is 5.26 Å². The summed E-state index contributed by atoms with van der Waals surface area (Å²) < 4.78 is 0. The number of nitrogens with zero attached hydrogens (tertiary/aromatic N) is 4. The summed E-state index contributed by atoms with van der Waals surface area (Å²) in [5, 5.41) is 8.50. The smallest absolute Gasteiger partial charge is 0.223 e. The Kier molecular flexibility index (Phi) is 6.82. The van der Waals surface area contributed by atoms with Crippen molar-refractivity contribution < 1.29 is 4.79 Å². The standard InChI is InChI=1S/C14H26N4O/c1-16(12-13-6-4-9-17(13)2)11-7-14(19)18(3)10-5-8-15/h13H,4-7,9-12H2,1-3H3. The third kappa shape index (κ3) is 5.58. The molecule has 0 radical (unpaired) electrons. The van der Waals surface area contributed by atoms with Gasteiger partial charge < -0.3 is 14.7 Å². The van der Waals surface area contributed by atoms with Crippen LogP contribution < -0.4 is 0 Å². The molecule has 1 aliphatic heterocycles. The molecule has 0 aliphatic carbocycles. The van der Waals surface area contributed by atoms with Gasteiger partial charge in [0.15, 0.2) is 0 Å². The van der Waals surface area contributed by atoms with E-state index >= 15 is 0 Å². The lowest BCUT2D eigenvalue weighted by molar-refractivity contribution is -0.130. The highest BCUT2D eigenvalue weighted by Gasteiger charge is 2.22. The molecule has 1 aliphatic rings. The molecule has 1 fully saturated rings. The molecule has 5 heteroatoms. The van der Waals surface area contributed by atoms with Gasteiger partial charge in [-0.3, -0.25) is 4.79 Å². The van der Waals surface area contributed by atoms with Crippen LogP contribution in [0.1, 0.15) is 25.7 Å². The summed E-state index contributed by atoms with van der Waals surface area (Å²) in [7, 11) is 6.02. The average molecular weight is 266 g/mol. The van der Waals surface area contributed by atoms with Crippen LogP contribution in [-0.2, 0) is 4.79 Å². The largest absolute Gasteiger partial charge is 0.345 e. The first-order valence-corrected chi connectivity index (χ1v) is 7.04. The lowest BCUT2D eigenvalue weighted by Gasteiger charge is -2.26. The van der Waals surface area contributed by atoms with Gasteiger partial charge in [0.1, 0.15) is 0 Å². The minimum absolute atomic E-state index is 0.127. The van der Waals surface area contributed by atoms with Crippen molar-refractivity contribution in [3.05, 3.63) is 0 Å². The molecule has 108 valence electrons. The van der Waals surface area contributed by atoms with Crippen molar-refractivity contribution in [1.29, 1.82) is 5.26 Å². The van der Waals surface area contributed by atoms with Crippen LogP contribution in [0.5, 0.6) is 0 Å². The second-order valence-corrected chi connectivity index (χ2v) is 5.51. The minimum Gasteiger partial charge on any atom is -0.345 e. The highest BCUT2D eigenvalue weighted by Crippen LogP contribution is 2.15. The molecular formula is C14H26N4O. The Morgan fingerprint density at radius 3 is 2.74 bits per heavy atom. The van der Waals surface area contributed by atoms with Crippen molar-refractivity contribution in [3.8, 4) is 6.07 Å². The summed E-state index contributed by atoms with van der Waals surface area (Å²) in [6.07, 6.45) is 3.49. The molecule has 1 amide bonds. The number of carbonyl (C=O) groups excluding carboxylic acids is 1. The van der Waals surface area contributed by atoms with Gasteiger partial charge in [0.05, 0.1) is 12.5 Å². The molecule has 0 spiro atoms. The van der Waals surface area contributed by atoms with E-state index < -0.39 is 0 Å². The molecule has 0 bridgehead atoms. The third-order valence-corrected chi connectivity index (χ3v) is 3.89. The second-order valence-electron chi connectivity index (χ2n) is 5.51. The lowest BCUT2D eigenvalue weighted by atomic mass is 10.2. The van der Waals surface area contributed by atoms with Crippen LogP contribution in [0, 0.1) is 11.3 Å². The van der Waals surface area contributed by atoms with Crippen LogP contribution in [0.3, 0.4) is 0 Å². The van der Waals surface area contributed by atoms with Crippen molar-refractivity contribution in [2.75, 3.05) is 47.3 Å². The van der Waals surface area contributed by atoms with Gasteiger partial charge in [-0.15, -0.1) is 0 Å². The summed E-state index contributed by atoms with van der Waals surface area (Å²) in [5.41, 5.74) is 0. The van der Waals surface area contributed by atoms with E-state index in [1.165, 1.54) is 19.4 Å². The van der Waals surface area contributed by atoms with Gasteiger partial charge in [-0.05, 0) is 33.5 Å². The quantitative estimate of drug-likeness (QED) is 0.683. The fraction of sp³-hybridized carbons (Fsp3) is 0.857. The maximum absolute atomic E-state index is 11.8. The molecule has 1 saturated heterocycles. The average Bonchev–Trinajstić information content (AvgIpc) is 2.78. The molecule has 0 saturated carbocycles. The monoisotopic (exact) mass is 266 g/mol. The number of hydrogen-bond donors (Lipinski definition) is 0. The predicted molar refractivity (Wildman–Crippen MR) is 75.6 cm³/mol. The predicted octanol–water partition coefficient (Wildman–Crippen LogP) is 0.775. The van der Waals surface area contributed by atoms with Crippen molar-refractivity contribution in [1.82, 2.24) is 14.7 Å². The van der Waals surface area contributed by atoms with Gasteiger partial charge >= 0.3 is 0 Å². The van der Waals surface area contributed by atoms with Crippen molar-refractivity contribution >= 4 is 5.91 Å². The zero-order valence-electron chi connectivity index (χ0n) is 12.4. The number of amides is 1. The maximum Gasteiger partial charge on any atom is 0.223 e. The summed E-state index contributed by atoms with van der Waals surface area (Å²) in [6, 6.07) is 2.70. The minimum atomic E-state index is 0.127. The summed E-state index contributed by atoms with van der Waals surface area (Å²) in [6.45, 7) is 3.55. The molecule has 0 aromatic rings. The van der Waals surface area contributed by atoms with Crippen LogP contribution in [0.4, 0.5) is 0 Å². The van der Waals surface area contributed by atoms with Crippen LogP contribution in [0.2, 0.25) is 0 Å². The van der Waals surface area contributed by atoms with Gasteiger partial charge in [0.2, 0.25) is 5.91 Å². The first-order chi connectivity index (χ1) is 9.04. The first kappa shape index (κ1) is 15.9. The molecule has 1 unspecified atom stereocenters. The number of likely N-dealkylation sites (tertiary alicyclic amines) is 1. The van der Waals surface area contributed by atoms with E-state index in [1.807, 2.05) is 0 Å². The molecule has 1 rings (SSSR count). The van der Waals surface area contributed by atoms with E-state index in [-0.39, 0.29) is 5.91 Å². The zero-order chi connectivity index (χ0) is 14.3. The molecule has 0 aromatic heterocycles. The SMILES string of the molecule is CN(CCC(=O)N(C)CCC#N)CC1CCCN1C. The van der Waals surface area contributed by atoms with Gasteiger partial charge in [-0.25, -0.2) is 0 Å². The molecule has 5 nitrogen and oxygen atoms in total. The molecule has 0 N–H and O–H groups in total. The Hall–Kier alpha value is -1.12. The maximum atomic E-state index is 11.8. The van der Waals surface area contributed by atoms with Crippen LogP contribution in [0.15, 0.2) is 0 Å². The number of rotatable bonds is 7. The molecule has 19 heavy (non-hydrogen) atoms. The molecule has 1 heterocycles. The Balaban J connectivity index is 2.20. The fourth-order valence-corrected chi connectivity index (χ4v) is 2.48.